The van der Waals surface area contributed by atoms with Crippen LogP contribution in [0.15, 0.2) is 16.1 Å². The molecular weight excluding hydrogens is 174 g/mol. The van der Waals surface area contributed by atoms with Crippen LogP contribution in [0.3, 0.4) is 0 Å². The highest BCUT2D eigenvalue weighted by molar-refractivity contribution is 6.44. The molecule has 5 heteroatoms. The molecule has 5 nitrogen and oxygen atoms in total. The molecule has 0 amide bonds. The molecule has 0 saturated carbocycles. The first-order valence-electron chi connectivity index (χ1n) is 3.23. The van der Waals surface area contributed by atoms with Gasteiger partial charge in [0.05, 0.1) is 12.5 Å². The maximum atomic E-state index is 10.4. The Bertz CT molecular complexity index is 297. The van der Waals surface area contributed by atoms with Gasteiger partial charge in [0.1, 0.15) is 5.71 Å². The number of rotatable bonds is 2. The van der Waals surface area contributed by atoms with E-state index in [0.717, 1.165) is 0 Å². The molecule has 0 atom stereocenters. The van der Waals surface area contributed by atoms with Crippen LogP contribution < -0.4 is 5.11 Å². The Balaban J connectivity index is 0.00000144. The van der Waals surface area contributed by atoms with Gasteiger partial charge in [-0.3, -0.25) is 4.99 Å². The van der Waals surface area contributed by atoms with E-state index >= 15 is 0 Å². The molecule has 1 heterocycles. The molecule has 72 valence electrons. The Hall–Kier alpha value is -1.65. The second kappa shape index (κ2) is 3.84. The standard InChI is InChI=1S/C7H7NO4.CH4/c1-3-4(6(9)10)2-8-5(3)7(11)12;/h2H2,1H3,(H,9,10)(H,11,12);1H4/p-1. The first-order chi connectivity index (χ1) is 5.54. The lowest BCUT2D eigenvalue weighted by Crippen LogP contribution is -2.26. The van der Waals surface area contributed by atoms with Gasteiger partial charge < -0.3 is 15.0 Å². The molecule has 0 bridgehead atoms. The van der Waals surface area contributed by atoms with E-state index in [1.807, 2.05) is 0 Å². The van der Waals surface area contributed by atoms with Crippen LogP contribution in [0.4, 0.5) is 0 Å². The molecule has 0 radical (unpaired) electrons. The molecule has 1 aliphatic rings. The van der Waals surface area contributed by atoms with Crippen LogP contribution in [-0.4, -0.2) is 29.3 Å². The quantitative estimate of drug-likeness (QED) is 0.610. The summed E-state index contributed by atoms with van der Waals surface area (Å²) < 4.78 is 0. The summed E-state index contributed by atoms with van der Waals surface area (Å²) in [6.45, 7) is 1.31. The van der Waals surface area contributed by atoms with E-state index in [1.165, 1.54) is 6.92 Å². The smallest absolute Gasteiger partial charge is 0.354 e. The normalized spacial score (nSPS) is 15.0. The Kier molecular flexibility index (Phi) is 3.35. The summed E-state index contributed by atoms with van der Waals surface area (Å²) in [5, 5.41) is 18.8. The number of aliphatic imine (C=N–C) groups is 1. The molecule has 0 spiro atoms. The predicted octanol–water partition coefficient (Wildman–Crippen LogP) is -0.772. The predicted molar refractivity (Wildman–Crippen MR) is 44.4 cm³/mol. The summed E-state index contributed by atoms with van der Waals surface area (Å²) in [7, 11) is 0. The third kappa shape index (κ3) is 1.93. The summed E-state index contributed by atoms with van der Waals surface area (Å²) in [6, 6.07) is 0. The van der Waals surface area contributed by atoms with Crippen LogP contribution in [0.2, 0.25) is 0 Å². The fourth-order valence-corrected chi connectivity index (χ4v) is 0.984. The Morgan fingerprint density at radius 2 is 2.08 bits per heavy atom. The topological polar surface area (TPSA) is 89.8 Å². The number of carbonyl (C=O) groups excluding carboxylic acids is 1. The first kappa shape index (κ1) is 11.4. The van der Waals surface area contributed by atoms with Crippen molar-refractivity contribution in [3.8, 4) is 0 Å². The molecule has 0 saturated heterocycles. The summed E-state index contributed by atoms with van der Waals surface area (Å²) in [5.74, 6) is -2.56. The largest absolute Gasteiger partial charge is 0.545 e. The first-order valence-corrected chi connectivity index (χ1v) is 3.23. The number of nitrogens with zero attached hydrogens (tertiary/aromatic N) is 1. The molecule has 0 fully saturated rings. The Morgan fingerprint density at radius 3 is 2.31 bits per heavy atom. The zero-order valence-electron chi connectivity index (χ0n) is 6.33. The average molecular weight is 184 g/mol. The molecule has 13 heavy (non-hydrogen) atoms. The minimum Gasteiger partial charge on any atom is -0.545 e. The van der Waals surface area contributed by atoms with Gasteiger partial charge >= 0.3 is 5.97 Å². The Morgan fingerprint density at radius 1 is 1.54 bits per heavy atom. The highest BCUT2D eigenvalue weighted by Crippen LogP contribution is 2.13. The number of hydrogen-bond acceptors (Lipinski definition) is 4. The van der Waals surface area contributed by atoms with Crippen molar-refractivity contribution < 1.29 is 19.8 Å². The summed E-state index contributed by atoms with van der Waals surface area (Å²) in [5.41, 5.74) is -0.0518. The lowest BCUT2D eigenvalue weighted by molar-refractivity contribution is -0.299. The second-order valence-electron chi connectivity index (χ2n) is 2.36. The van der Waals surface area contributed by atoms with E-state index < -0.39 is 11.9 Å². The molecular formula is C8H10NO4-. The second-order valence-corrected chi connectivity index (χ2v) is 2.36. The van der Waals surface area contributed by atoms with Crippen LogP contribution >= 0.6 is 0 Å². The van der Waals surface area contributed by atoms with Gasteiger partial charge in [-0.25, -0.2) is 4.79 Å². The third-order valence-corrected chi connectivity index (χ3v) is 1.65. The van der Waals surface area contributed by atoms with Gasteiger partial charge in [0, 0.05) is 5.57 Å². The van der Waals surface area contributed by atoms with Crippen molar-refractivity contribution >= 4 is 17.7 Å². The van der Waals surface area contributed by atoms with Crippen molar-refractivity contribution in [3.05, 3.63) is 11.1 Å². The number of carbonyl (C=O) groups is 2. The maximum Gasteiger partial charge on any atom is 0.354 e. The minimum atomic E-state index is -1.35. The molecule has 0 aromatic carbocycles. The zero-order chi connectivity index (χ0) is 9.30. The van der Waals surface area contributed by atoms with Gasteiger partial charge in [-0.1, -0.05) is 7.43 Å². The van der Waals surface area contributed by atoms with Crippen LogP contribution in [0.5, 0.6) is 0 Å². The fraction of sp³-hybridized carbons (Fsp3) is 0.375. The minimum absolute atomic E-state index is 0. The lowest BCUT2D eigenvalue weighted by Gasteiger charge is -2.02. The van der Waals surface area contributed by atoms with E-state index in [0.29, 0.717) is 0 Å². The van der Waals surface area contributed by atoms with Crippen molar-refractivity contribution in [2.45, 2.75) is 14.4 Å². The van der Waals surface area contributed by atoms with Crippen LogP contribution in [0.1, 0.15) is 14.4 Å². The third-order valence-electron chi connectivity index (χ3n) is 1.65. The van der Waals surface area contributed by atoms with Crippen molar-refractivity contribution in [2.24, 2.45) is 4.99 Å². The van der Waals surface area contributed by atoms with Crippen LogP contribution in [0, 0.1) is 0 Å². The van der Waals surface area contributed by atoms with E-state index in [-0.39, 0.29) is 30.8 Å². The van der Waals surface area contributed by atoms with E-state index in [1.54, 1.807) is 0 Å². The van der Waals surface area contributed by atoms with Gasteiger partial charge in [0.2, 0.25) is 0 Å². The monoisotopic (exact) mass is 184 g/mol. The number of hydrogen-bond donors (Lipinski definition) is 1. The van der Waals surface area contributed by atoms with Gasteiger partial charge in [-0.05, 0) is 12.5 Å². The summed E-state index contributed by atoms with van der Waals surface area (Å²) >= 11 is 0. The number of aliphatic carboxylic acids is 2. The molecule has 1 rings (SSSR count). The average Bonchev–Trinajstić information content (AvgIpc) is 2.30. The molecule has 0 aromatic rings. The highest BCUT2D eigenvalue weighted by Gasteiger charge is 2.21. The molecule has 0 unspecified atom stereocenters. The zero-order valence-corrected chi connectivity index (χ0v) is 6.33. The summed E-state index contributed by atoms with van der Waals surface area (Å²) in [4.78, 5) is 24.3. The summed E-state index contributed by atoms with van der Waals surface area (Å²) in [6.07, 6.45) is 0. The SMILES string of the molecule is C.CC1=C(C(=O)[O-])CN=C1C(=O)O. The van der Waals surface area contributed by atoms with Crippen molar-refractivity contribution in [1.29, 1.82) is 0 Å². The highest BCUT2D eigenvalue weighted by atomic mass is 16.4. The van der Waals surface area contributed by atoms with Crippen LogP contribution in [0.25, 0.3) is 0 Å². The van der Waals surface area contributed by atoms with Crippen molar-refractivity contribution in [3.63, 3.8) is 0 Å². The van der Waals surface area contributed by atoms with Gasteiger partial charge in [-0.2, -0.15) is 0 Å². The molecule has 0 aromatic heterocycles. The lowest BCUT2D eigenvalue weighted by atomic mass is 10.1. The van der Waals surface area contributed by atoms with Crippen molar-refractivity contribution in [2.75, 3.05) is 6.54 Å². The van der Waals surface area contributed by atoms with E-state index in [4.69, 9.17) is 5.11 Å². The van der Waals surface area contributed by atoms with Crippen molar-refractivity contribution in [1.82, 2.24) is 0 Å². The van der Waals surface area contributed by atoms with Gasteiger partial charge in [0.25, 0.3) is 0 Å². The molecule has 1 N–H and O–H groups in total. The van der Waals surface area contributed by atoms with E-state index in [9.17, 15) is 14.7 Å². The van der Waals surface area contributed by atoms with Gasteiger partial charge in [0.15, 0.2) is 0 Å². The number of carboxylic acids is 2. The molecule has 1 aliphatic heterocycles. The fourth-order valence-electron chi connectivity index (χ4n) is 0.984. The van der Waals surface area contributed by atoms with Crippen LogP contribution in [-0.2, 0) is 9.59 Å². The maximum absolute atomic E-state index is 10.4. The Labute approximate surface area is 75.4 Å². The number of carboxylic acid groups (broad SMARTS) is 2. The van der Waals surface area contributed by atoms with Gasteiger partial charge in [-0.15, -0.1) is 0 Å². The molecule has 0 aliphatic carbocycles. The van der Waals surface area contributed by atoms with E-state index in [2.05, 4.69) is 4.99 Å².